The van der Waals surface area contributed by atoms with Gasteiger partial charge in [-0.3, -0.25) is 4.79 Å². The van der Waals surface area contributed by atoms with Gasteiger partial charge >= 0.3 is 0 Å². The number of hydrogen-bond acceptors (Lipinski definition) is 3. The quantitative estimate of drug-likeness (QED) is 0.927. The Hall–Kier alpha value is -2.04. The Morgan fingerprint density at radius 1 is 1.17 bits per heavy atom. The number of carbonyl (C=O) groups excluding carboxylic acids is 1. The number of ether oxygens (including phenoxy) is 1. The number of amides is 1. The summed E-state index contributed by atoms with van der Waals surface area (Å²) in [5.74, 6) is 0.606. The molecule has 0 bridgehead atoms. The van der Waals surface area contributed by atoms with Crippen LogP contribution in [0.1, 0.15) is 18.4 Å². The smallest absolute Gasteiger partial charge is 0.263 e. The van der Waals surface area contributed by atoms with Crippen molar-refractivity contribution >= 4 is 17.5 Å². The number of likely N-dealkylation sites (tertiary alicyclic amines) is 1. The number of carbonyl (C=O) groups is 1. The maximum Gasteiger partial charge on any atom is 0.263 e. The highest BCUT2D eigenvalue weighted by Crippen LogP contribution is 2.28. The third-order valence-corrected chi connectivity index (χ3v) is 4.70. The van der Waals surface area contributed by atoms with Crippen molar-refractivity contribution in [3.8, 4) is 5.75 Å². The Kier molecular flexibility index (Phi) is 5.07. The molecule has 1 fully saturated rings. The predicted octanol–water partition coefficient (Wildman–Crippen LogP) is 3.06. The van der Waals surface area contributed by atoms with Gasteiger partial charge in [0, 0.05) is 25.0 Å². The second-order valence-electron chi connectivity index (χ2n) is 6.11. The van der Waals surface area contributed by atoms with Crippen LogP contribution >= 0.6 is 11.6 Å². The molecule has 1 aliphatic heterocycles. The summed E-state index contributed by atoms with van der Waals surface area (Å²) in [6, 6.07) is 17.2. The van der Waals surface area contributed by atoms with E-state index in [-0.39, 0.29) is 17.9 Å². The summed E-state index contributed by atoms with van der Waals surface area (Å²) < 4.78 is 5.73. The standard InChI is InChI=1S/C19H21ClN2O2/c1-13(24-18-10-6-5-9-16(18)20)19(23)22-11-15(17(21)12-22)14-7-3-2-4-8-14/h2-10,13,15,17H,11-12,21H2,1H3/t13?,15-,17+/m0/s1. The molecule has 1 amide bonds. The molecule has 2 aromatic carbocycles. The van der Waals surface area contributed by atoms with Gasteiger partial charge in [-0.1, -0.05) is 54.1 Å². The largest absolute Gasteiger partial charge is 0.479 e. The van der Waals surface area contributed by atoms with Crippen LogP contribution in [0.2, 0.25) is 5.02 Å². The monoisotopic (exact) mass is 344 g/mol. The van der Waals surface area contributed by atoms with Crippen molar-refractivity contribution in [2.45, 2.75) is 25.0 Å². The maximum absolute atomic E-state index is 12.7. The molecule has 2 N–H and O–H groups in total. The molecule has 0 saturated carbocycles. The molecule has 4 nitrogen and oxygen atoms in total. The highest BCUT2D eigenvalue weighted by Gasteiger charge is 2.36. The zero-order valence-electron chi connectivity index (χ0n) is 13.6. The highest BCUT2D eigenvalue weighted by molar-refractivity contribution is 6.32. The molecule has 1 unspecified atom stereocenters. The van der Waals surface area contributed by atoms with Crippen LogP contribution in [0.25, 0.3) is 0 Å². The molecule has 0 aliphatic carbocycles. The highest BCUT2D eigenvalue weighted by atomic mass is 35.5. The van der Waals surface area contributed by atoms with E-state index >= 15 is 0 Å². The lowest BCUT2D eigenvalue weighted by Crippen LogP contribution is -2.40. The van der Waals surface area contributed by atoms with Gasteiger partial charge < -0.3 is 15.4 Å². The lowest BCUT2D eigenvalue weighted by atomic mass is 9.95. The normalized spacial score (nSPS) is 21.5. The van der Waals surface area contributed by atoms with Crippen molar-refractivity contribution in [2.24, 2.45) is 5.73 Å². The fraction of sp³-hybridized carbons (Fsp3) is 0.316. The third kappa shape index (κ3) is 3.55. The predicted molar refractivity (Wildman–Crippen MR) is 95.3 cm³/mol. The Labute approximate surface area is 147 Å². The first kappa shape index (κ1) is 16.8. The molecule has 0 radical (unpaired) electrons. The molecule has 1 saturated heterocycles. The number of hydrogen-bond donors (Lipinski definition) is 1. The van der Waals surface area contributed by atoms with Crippen molar-refractivity contribution in [1.29, 1.82) is 0 Å². The average Bonchev–Trinajstić information content (AvgIpc) is 2.98. The molecule has 3 atom stereocenters. The summed E-state index contributed by atoms with van der Waals surface area (Å²) in [5, 5.41) is 0.498. The minimum Gasteiger partial charge on any atom is -0.479 e. The van der Waals surface area contributed by atoms with Gasteiger partial charge in [0.2, 0.25) is 0 Å². The zero-order chi connectivity index (χ0) is 17.1. The topological polar surface area (TPSA) is 55.6 Å². The lowest BCUT2D eigenvalue weighted by molar-refractivity contribution is -0.136. The number of para-hydroxylation sites is 1. The summed E-state index contributed by atoms with van der Waals surface area (Å²) in [5.41, 5.74) is 7.43. The van der Waals surface area contributed by atoms with Crippen LogP contribution < -0.4 is 10.5 Å². The van der Waals surface area contributed by atoms with E-state index in [1.807, 2.05) is 30.3 Å². The number of benzene rings is 2. The second kappa shape index (κ2) is 7.24. The number of nitrogens with two attached hydrogens (primary N) is 1. The summed E-state index contributed by atoms with van der Waals surface area (Å²) >= 11 is 6.09. The van der Waals surface area contributed by atoms with Crippen LogP contribution in [0.15, 0.2) is 54.6 Å². The minimum atomic E-state index is -0.605. The van der Waals surface area contributed by atoms with E-state index in [0.29, 0.717) is 23.9 Å². The van der Waals surface area contributed by atoms with Gasteiger partial charge in [-0.2, -0.15) is 0 Å². The van der Waals surface area contributed by atoms with Crippen LogP contribution in [0.5, 0.6) is 5.75 Å². The average molecular weight is 345 g/mol. The SMILES string of the molecule is CC(Oc1ccccc1Cl)C(=O)N1C[C@@H](N)[C@H](c2ccccc2)C1. The molecule has 0 aromatic heterocycles. The molecular formula is C19H21ClN2O2. The van der Waals surface area contributed by atoms with Gasteiger partial charge in [0.25, 0.3) is 5.91 Å². The fourth-order valence-corrected chi connectivity index (χ4v) is 3.28. The Balaban J connectivity index is 1.66. The minimum absolute atomic E-state index is 0.0659. The molecule has 1 aliphatic rings. The first-order valence-corrected chi connectivity index (χ1v) is 8.44. The second-order valence-corrected chi connectivity index (χ2v) is 6.52. The van der Waals surface area contributed by atoms with Gasteiger partial charge in [-0.25, -0.2) is 0 Å². The van der Waals surface area contributed by atoms with E-state index in [2.05, 4.69) is 12.1 Å². The van der Waals surface area contributed by atoms with E-state index in [4.69, 9.17) is 22.1 Å². The molecule has 24 heavy (non-hydrogen) atoms. The molecule has 5 heteroatoms. The van der Waals surface area contributed by atoms with Crippen LogP contribution in [0.4, 0.5) is 0 Å². The lowest BCUT2D eigenvalue weighted by Gasteiger charge is -2.22. The number of rotatable bonds is 4. The van der Waals surface area contributed by atoms with E-state index < -0.39 is 6.10 Å². The Morgan fingerprint density at radius 2 is 1.83 bits per heavy atom. The van der Waals surface area contributed by atoms with Crippen molar-refractivity contribution in [2.75, 3.05) is 13.1 Å². The fourth-order valence-electron chi connectivity index (χ4n) is 3.10. The van der Waals surface area contributed by atoms with Crippen LogP contribution in [0, 0.1) is 0 Å². The van der Waals surface area contributed by atoms with Crippen molar-refractivity contribution in [3.05, 3.63) is 65.2 Å². The van der Waals surface area contributed by atoms with Crippen LogP contribution in [0.3, 0.4) is 0 Å². The summed E-state index contributed by atoms with van der Waals surface area (Å²) in [6.07, 6.45) is -0.605. The zero-order valence-corrected chi connectivity index (χ0v) is 14.3. The third-order valence-electron chi connectivity index (χ3n) is 4.39. The Bertz CT molecular complexity index is 708. The van der Waals surface area contributed by atoms with Crippen molar-refractivity contribution < 1.29 is 9.53 Å². The van der Waals surface area contributed by atoms with Gasteiger partial charge in [0.1, 0.15) is 5.75 Å². The number of nitrogens with zero attached hydrogens (tertiary/aromatic N) is 1. The summed E-state index contributed by atoms with van der Waals surface area (Å²) in [7, 11) is 0. The van der Waals surface area contributed by atoms with Gasteiger partial charge in [-0.15, -0.1) is 0 Å². The van der Waals surface area contributed by atoms with Crippen LogP contribution in [-0.4, -0.2) is 36.0 Å². The van der Waals surface area contributed by atoms with E-state index in [9.17, 15) is 4.79 Å². The Morgan fingerprint density at radius 3 is 2.54 bits per heavy atom. The molecule has 126 valence electrons. The molecule has 2 aromatic rings. The maximum atomic E-state index is 12.7. The molecule has 3 rings (SSSR count). The van der Waals surface area contributed by atoms with Gasteiger partial charge in [-0.05, 0) is 24.6 Å². The van der Waals surface area contributed by atoms with E-state index in [0.717, 1.165) is 0 Å². The first-order valence-electron chi connectivity index (χ1n) is 8.06. The van der Waals surface area contributed by atoms with Crippen molar-refractivity contribution in [1.82, 2.24) is 4.90 Å². The van der Waals surface area contributed by atoms with E-state index in [1.54, 1.807) is 24.0 Å². The number of halogens is 1. The summed E-state index contributed by atoms with van der Waals surface area (Å²) in [6.45, 7) is 2.89. The molecular weight excluding hydrogens is 324 g/mol. The van der Waals surface area contributed by atoms with Gasteiger partial charge in [0.05, 0.1) is 5.02 Å². The first-order chi connectivity index (χ1) is 11.6. The van der Waals surface area contributed by atoms with Crippen molar-refractivity contribution in [3.63, 3.8) is 0 Å². The molecule has 1 heterocycles. The summed E-state index contributed by atoms with van der Waals surface area (Å²) in [4.78, 5) is 14.5. The van der Waals surface area contributed by atoms with Crippen LogP contribution in [-0.2, 0) is 4.79 Å². The molecule has 0 spiro atoms. The van der Waals surface area contributed by atoms with Gasteiger partial charge in [0.15, 0.2) is 6.10 Å². The van der Waals surface area contributed by atoms with E-state index in [1.165, 1.54) is 5.56 Å².